The van der Waals surface area contributed by atoms with Crippen molar-refractivity contribution < 1.29 is 19.1 Å². The number of carbonyl (C=O) groups excluding carboxylic acids is 2. The highest BCUT2D eigenvalue weighted by Gasteiger charge is 2.50. The summed E-state index contributed by atoms with van der Waals surface area (Å²) >= 11 is 0. The Morgan fingerprint density at radius 2 is 1.00 bits per heavy atom. The summed E-state index contributed by atoms with van der Waals surface area (Å²) in [5.41, 5.74) is -0.652. The quantitative estimate of drug-likeness (QED) is 0.532. The first-order valence-corrected chi connectivity index (χ1v) is 14.5. The van der Waals surface area contributed by atoms with Crippen LogP contribution in [0.25, 0.3) is 0 Å². The number of hydrogen-bond donors (Lipinski definition) is 0. The molecule has 4 nitrogen and oxygen atoms in total. The summed E-state index contributed by atoms with van der Waals surface area (Å²) in [6.07, 6.45) is 0. The summed E-state index contributed by atoms with van der Waals surface area (Å²) in [6, 6.07) is 0. The topological polar surface area (TPSA) is 52.6 Å². The SMILES string of the molecule is CCOC(=O)[C@@H]([C@H](C(=O)OCC)[Si](C)(C)C)[Si](C)(C)C. The van der Waals surface area contributed by atoms with Gasteiger partial charge in [0.05, 0.1) is 40.4 Å². The van der Waals surface area contributed by atoms with Crippen LogP contribution in [0.5, 0.6) is 0 Å². The second kappa shape index (κ2) is 7.40. The van der Waals surface area contributed by atoms with E-state index in [2.05, 4.69) is 39.3 Å². The van der Waals surface area contributed by atoms with E-state index < -0.39 is 16.1 Å². The lowest BCUT2D eigenvalue weighted by Gasteiger charge is -2.38. The molecule has 118 valence electrons. The predicted octanol–water partition coefficient (Wildman–Crippen LogP) is 3.53. The van der Waals surface area contributed by atoms with E-state index in [1.807, 2.05) is 0 Å². The molecule has 0 N–H and O–H groups in total. The van der Waals surface area contributed by atoms with Gasteiger partial charge in [0.15, 0.2) is 0 Å². The highest BCUT2D eigenvalue weighted by atomic mass is 28.3. The molecule has 0 aromatic rings. The Balaban J connectivity index is 5.65. The van der Waals surface area contributed by atoms with Gasteiger partial charge in [-0.25, -0.2) is 0 Å². The van der Waals surface area contributed by atoms with Crippen LogP contribution in [0.15, 0.2) is 0 Å². The molecule has 0 saturated heterocycles. The lowest BCUT2D eigenvalue weighted by atomic mass is 10.3. The van der Waals surface area contributed by atoms with Gasteiger partial charge in [-0.1, -0.05) is 39.3 Å². The van der Waals surface area contributed by atoms with Gasteiger partial charge >= 0.3 is 11.9 Å². The van der Waals surface area contributed by atoms with E-state index in [0.717, 1.165) is 0 Å². The summed E-state index contributed by atoms with van der Waals surface area (Å²) in [4.78, 5) is 24.8. The van der Waals surface area contributed by atoms with Gasteiger partial charge in [0.1, 0.15) is 0 Å². The molecule has 0 aromatic carbocycles. The molecular weight excluding hydrogens is 288 g/mol. The van der Waals surface area contributed by atoms with Gasteiger partial charge < -0.3 is 9.47 Å². The molecule has 0 saturated carbocycles. The molecule has 0 fully saturated rings. The number of esters is 2. The van der Waals surface area contributed by atoms with Crippen LogP contribution >= 0.6 is 0 Å². The maximum absolute atomic E-state index is 12.4. The summed E-state index contributed by atoms with van der Waals surface area (Å²) in [5, 5.41) is 0. The van der Waals surface area contributed by atoms with Gasteiger partial charge in [-0.3, -0.25) is 9.59 Å². The molecule has 0 heterocycles. The van der Waals surface area contributed by atoms with Gasteiger partial charge in [-0.15, -0.1) is 0 Å². The standard InChI is InChI=1S/C14H30O4Si2/c1-9-17-13(15)11(19(3,4)5)12(20(6,7)8)14(16)18-10-2/h11-12H,9-10H2,1-8H3/t11-,12-/m1/s1. The molecule has 0 amide bonds. The van der Waals surface area contributed by atoms with Crippen molar-refractivity contribution >= 4 is 28.1 Å². The average Bonchev–Trinajstić information content (AvgIpc) is 2.22. The van der Waals surface area contributed by atoms with Crippen molar-refractivity contribution in [3.63, 3.8) is 0 Å². The maximum Gasteiger partial charge on any atom is 0.306 e. The van der Waals surface area contributed by atoms with E-state index in [0.29, 0.717) is 13.2 Å². The van der Waals surface area contributed by atoms with Crippen molar-refractivity contribution in [3.05, 3.63) is 0 Å². The first-order valence-electron chi connectivity index (χ1n) is 7.30. The largest absolute Gasteiger partial charge is 0.466 e. The summed E-state index contributed by atoms with van der Waals surface area (Å²) in [6.45, 7) is 17.0. The lowest BCUT2D eigenvalue weighted by molar-refractivity contribution is -0.150. The van der Waals surface area contributed by atoms with Crippen molar-refractivity contribution in [1.82, 2.24) is 0 Å². The fourth-order valence-corrected chi connectivity index (χ4v) is 9.30. The summed E-state index contributed by atoms with van der Waals surface area (Å²) < 4.78 is 10.5. The minimum atomic E-state index is -1.89. The van der Waals surface area contributed by atoms with E-state index in [1.165, 1.54) is 0 Å². The van der Waals surface area contributed by atoms with Crippen LogP contribution in [-0.2, 0) is 19.1 Å². The van der Waals surface area contributed by atoms with Gasteiger partial charge in [0.2, 0.25) is 0 Å². The second-order valence-electron chi connectivity index (χ2n) is 7.19. The Bertz CT molecular complexity index is 308. The van der Waals surface area contributed by atoms with Crippen LogP contribution < -0.4 is 0 Å². The van der Waals surface area contributed by atoms with Gasteiger partial charge in [-0.05, 0) is 13.8 Å². The molecule has 0 aliphatic carbocycles. The smallest absolute Gasteiger partial charge is 0.306 e. The zero-order valence-corrected chi connectivity index (χ0v) is 16.2. The van der Waals surface area contributed by atoms with E-state index in [9.17, 15) is 9.59 Å². The highest BCUT2D eigenvalue weighted by Crippen LogP contribution is 2.42. The first kappa shape index (κ1) is 19.4. The van der Waals surface area contributed by atoms with Crippen LogP contribution in [0, 0.1) is 0 Å². The Labute approximate surface area is 125 Å². The number of hydrogen-bond acceptors (Lipinski definition) is 4. The van der Waals surface area contributed by atoms with Crippen molar-refractivity contribution in [3.8, 4) is 0 Å². The molecule has 0 bridgehead atoms. The molecule has 6 heteroatoms. The van der Waals surface area contributed by atoms with Gasteiger partial charge in [-0.2, -0.15) is 0 Å². The van der Waals surface area contributed by atoms with E-state index >= 15 is 0 Å². The zero-order chi connectivity index (χ0) is 16.1. The normalized spacial score (nSPS) is 15.4. The fraction of sp³-hybridized carbons (Fsp3) is 0.857. The molecule has 0 radical (unpaired) electrons. The minimum Gasteiger partial charge on any atom is -0.466 e. The van der Waals surface area contributed by atoms with Crippen molar-refractivity contribution in [2.45, 2.75) is 64.2 Å². The van der Waals surface area contributed by atoms with Crippen molar-refractivity contribution in [1.29, 1.82) is 0 Å². The minimum absolute atomic E-state index is 0.229. The van der Waals surface area contributed by atoms with Gasteiger partial charge in [0, 0.05) is 0 Å². The van der Waals surface area contributed by atoms with E-state index in [-0.39, 0.29) is 23.0 Å². The molecule has 0 aliphatic rings. The summed E-state index contributed by atoms with van der Waals surface area (Å²) in [5.74, 6) is -0.459. The predicted molar refractivity (Wildman–Crippen MR) is 87.5 cm³/mol. The van der Waals surface area contributed by atoms with Gasteiger partial charge in [0.25, 0.3) is 0 Å². The first-order chi connectivity index (χ1) is 8.96. The molecule has 0 aliphatic heterocycles. The highest BCUT2D eigenvalue weighted by molar-refractivity contribution is 6.87. The summed E-state index contributed by atoms with van der Waals surface area (Å²) in [7, 11) is -3.78. The van der Waals surface area contributed by atoms with Crippen LogP contribution in [0.4, 0.5) is 0 Å². The maximum atomic E-state index is 12.4. The molecule has 0 spiro atoms. The van der Waals surface area contributed by atoms with E-state index in [4.69, 9.17) is 9.47 Å². The number of rotatable bonds is 7. The second-order valence-corrected chi connectivity index (χ2v) is 17.9. The molecule has 2 atom stereocenters. The third-order valence-corrected chi connectivity index (χ3v) is 8.48. The van der Waals surface area contributed by atoms with Crippen LogP contribution in [0.3, 0.4) is 0 Å². The Morgan fingerprint density at radius 3 is 1.15 bits per heavy atom. The fourth-order valence-electron chi connectivity index (χ4n) is 2.44. The van der Waals surface area contributed by atoms with E-state index in [1.54, 1.807) is 13.8 Å². The molecular formula is C14H30O4Si2. The molecule has 0 rings (SSSR count). The Hall–Kier alpha value is -0.626. The number of carbonyl (C=O) groups is 2. The number of ether oxygens (including phenoxy) is 2. The lowest BCUT2D eigenvalue weighted by Crippen LogP contribution is -2.48. The third-order valence-electron chi connectivity index (χ3n) is 3.28. The van der Waals surface area contributed by atoms with Crippen LogP contribution in [-0.4, -0.2) is 41.3 Å². The molecule has 0 aromatic heterocycles. The van der Waals surface area contributed by atoms with Crippen LogP contribution in [0.1, 0.15) is 13.8 Å². The average molecular weight is 319 g/mol. The monoisotopic (exact) mass is 318 g/mol. The Morgan fingerprint density at radius 1 is 0.750 bits per heavy atom. The molecule has 20 heavy (non-hydrogen) atoms. The third kappa shape index (κ3) is 5.40. The van der Waals surface area contributed by atoms with Crippen molar-refractivity contribution in [2.24, 2.45) is 0 Å². The Kier molecular flexibility index (Phi) is 7.17. The van der Waals surface area contributed by atoms with Crippen LogP contribution in [0.2, 0.25) is 50.4 Å². The zero-order valence-electron chi connectivity index (χ0n) is 14.2. The molecule has 0 unspecified atom stereocenters. The van der Waals surface area contributed by atoms with Crippen molar-refractivity contribution in [2.75, 3.05) is 13.2 Å².